The van der Waals surface area contributed by atoms with Gasteiger partial charge in [-0.15, -0.1) is 0 Å². The van der Waals surface area contributed by atoms with Crippen LogP contribution in [0.3, 0.4) is 0 Å². The molecule has 2 N–H and O–H groups in total. The summed E-state index contributed by atoms with van der Waals surface area (Å²) >= 11 is 0. The Morgan fingerprint density at radius 3 is 2.68 bits per heavy atom. The number of benzene rings is 1. The Morgan fingerprint density at radius 2 is 2.07 bits per heavy atom. The second-order valence-electron chi connectivity index (χ2n) is 6.55. The highest BCUT2D eigenvalue weighted by molar-refractivity contribution is 5.98. The Bertz CT molecular complexity index is 1080. The highest BCUT2D eigenvalue weighted by Crippen LogP contribution is 2.34. The number of hydrogen-bond acceptors (Lipinski definition) is 4. The van der Waals surface area contributed by atoms with Gasteiger partial charge < -0.3 is 4.90 Å². The van der Waals surface area contributed by atoms with Gasteiger partial charge in [-0.2, -0.15) is 4.98 Å². The van der Waals surface area contributed by atoms with Crippen LogP contribution in [0.25, 0.3) is 10.9 Å². The Kier molecular flexibility index (Phi) is 5.22. The third kappa shape index (κ3) is 3.26. The second-order valence-corrected chi connectivity index (χ2v) is 6.55. The van der Waals surface area contributed by atoms with Crippen LogP contribution in [0, 0.1) is 16.6 Å². The Labute approximate surface area is 160 Å². The lowest BCUT2D eigenvalue weighted by molar-refractivity contribution is 0.220. The van der Waals surface area contributed by atoms with Gasteiger partial charge in [0.05, 0.1) is 5.52 Å². The van der Waals surface area contributed by atoms with Gasteiger partial charge in [0, 0.05) is 17.6 Å². The lowest BCUT2D eigenvalue weighted by atomic mass is 9.96. The smallest absolute Gasteiger partial charge is 0.295 e. The van der Waals surface area contributed by atoms with Gasteiger partial charge >= 0.3 is 0 Å². The molecule has 3 rings (SSSR count). The summed E-state index contributed by atoms with van der Waals surface area (Å²) in [6, 6.07) is 3.58. The number of allylic oxidation sites excluding steroid dienone is 3. The number of nitrogens with zero attached hydrogens (tertiary/aromatic N) is 3. The summed E-state index contributed by atoms with van der Waals surface area (Å²) in [6.45, 7) is 10.3. The first-order valence-electron chi connectivity index (χ1n) is 8.69. The minimum Gasteiger partial charge on any atom is -0.325 e. The first kappa shape index (κ1) is 19.6. The van der Waals surface area contributed by atoms with Crippen molar-refractivity contribution >= 4 is 22.6 Å². The van der Waals surface area contributed by atoms with E-state index in [2.05, 4.69) is 18.1 Å². The molecule has 146 valence electrons. The van der Waals surface area contributed by atoms with Gasteiger partial charge in [-0.1, -0.05) is 18.7 Å². The molecule has 28 heavy (non-hydrogen) atoms. The minimum absolute atomic E-state index is 0.118. The van der Waals surface area contributed by atoms with E-state index in [0.717, 1.165) is 40.3 Å². The van der Waals surface area contributed by atoms with Crippen LogP contribution in [0.1, 0.15) is 19.8 Å². The summed E-state index contributed by atoms with van der Waals surface area (Å²) in [7, 11) is 0. The molecule has 2 heterocycles. The van der Waals surface area contributed by atoms with E-state index in [4.69, 9.17) is 10.8 Å². The molecule has 0 fully saturated rings. The van der Waals surface area contributed by atoms with E-state index in [9.17, 15) is 13.2 Å². The average Bonchev–Trinajstić information content (AvgIpc) is 2.66. The molecule has 1 aromatic heterocycles. The van der Waals surface area contributed by atoms with Crippen LogP contribution in [0.15, 0.2) is 54.3 Å². The number of aromatic nitrogens is 2. The third-order valence-corrected chi connectivity index (χ3v) is 4.68. The molecule has 0 saturated heterocycles. The summed E-state index contributed by atoms with van der Waals surface area (Å²) in [5.74, 6) is -1.38. The van der Waals surface area contributed by atoms with Crippen molar-refractivity contribution in [2.75, 3.05) is 11.4 Å². The van der Waals surface area contributed by atoms with Crippen molar-refractivity contribution in [2.45, 2.75) is 26.2 Å². The summed E-state index contributed by atoms with van der Waals surface area (Å²) in [4.78, 5) is 5.97. The quantitative estimate of drug-likeness (QED) is 0.605. The molecule has 0 spiro atoms. The number of fused-ring (bicyclic) bond motifs is 1. The lowest BCUT2D eigenvalue weighted by Gasteiger charge is -2.33. The highest BCUT2D eigenvalue weighted by atomic mass is 19.3. The maximum absolute atomic E-state index is 14.0. The zero-order valence-corrected chi connectivity index (χ0v) is 15.4. The van der Waals surface area contributed by atoms with Gasteiger partial charge in [0.15, 0.2) is 5.84 Å². The van der Waals surface area contributed by atoms with Gasteiger partial charge in [-0.3, -0.25) is 15.4 Å². The Balaban J connectivity index is 2.36. The first-order chi connectivity index (χ1) is 13.3. The van der Waals surface area contributed by atoms with Crippen LogP contribution in [0.2, 0.25) is 0 Å². The molecule has 1 aromatic carbocycles. The van der Waals surface area contributed by atoms with E-state index in [-0.39, 0.29) is 16.7 Å². The highest BCUT2D eigenvalue weighted by Gasteiger charge is 2.25. The summed E-state index contributed by atoms with van der Waals surface area (Å²) < 4.78 is 41.0. The van der Waals surface area contributed by atoms with Crippen LogP contribution in [-0.4, -0.2) is 28.4 Å². The fraction of sp³-hybridized carbons (Fsp3) is 0.250. The van der Waals surface area contributed by atoms with Crippen LogP contribution < -0.4 is 10.5 Å². The number of anilines is 1. The summed E-state index contributed by atoms with van der Waals surface area (Å²) in [6.07, 6.45) is 0.147. The van der Waals surface area contributed by atoms with E-state index in [1.165, 1.54) is 12.1 Å². The summed E-state index contributed by atoms with van der Waals surface area (Å²) in [5, 5.41) is 16.0. The normalized spacial score (nSPS) is 14.7. The fourth-order valence-electron chi connectivity index (χ4n) is 3.46. The van der Waals surface area contributed by atoms with Crippen molar-refractivity contribution in [3.05, 3.63) is 65.7 Å². The van der Waals surface area contributed by atoms with Gasteiger partial charge in [0.25, 0.3) is 6.43 Å². The van der Waals surface area contributed by atoms with Gasteiger partial charge in [0.1, 0.15) is 11.6 Å². The average molecular weight is 387 g/mol. The van der Waals surface area contributed by atoms with E-state index in [0.29, 0.717) is 6.54 Å². The van der Waals surface area contributed by atoms with Crippen molar-refractivity contribution in [2.24, 2.45) is 0 Å². The Morgan fingerprint density at radius 1 is 1.36 bits per heavy atom. The fourth-order valence-corrected chi connectivity index (χ4v) is 3.46. The molecule has 0 amide bonds. The second kappa shape index (κ2) is 7.46. The molecule has 0 aliphatic carbocycles. The van der Waals surface area contributed by atoms with E-state index < -0.39 is 23.7 Å². The van der Waals surface area contributed by atoms with Crippen LogP contribution in [0.4, 0.5) is 19.0 Å². The molecule has 0 bridgehead atoms. The van der Waals surface area contributed by atoms with Crippen LogP contribution in [0.5, 0.6) is 0 Å². The molecule has 1 aliphatic rings. The Hall–Kier alpha value is -3.16. The predicted molar refractivity (Wildman–Crippen MR) is 103 cm³/mol. The SMILES string of the molecule is C=CC1=C(C(=C)C)CCCN1c1nc(=N)n(C(=N)C(F)F)c2ccc(F)cc12. The van der Waals surface area contributed by atoms with Crippen molar-refractivity contribution in [3.8, 4) is 0 Å². The number of nitrogens with one attached hydrogen (secondary N) is 2. The van der Waals surface area contributed by atoms with E-state index >= 15 is 0 Å². The maximum atomic E-state index is 14.0. The molecule has 0 saturated carbocycles. The van der Waals surface area contributed by atoms with Crippen molar-refractivity contribution in [3.63, 3.8) is 0 Å². The lowest BCUT2D eigenvalue weighted by Crippen LogP contribution is -2.37. The zero-order chi connectivity index (χ0) is 20.6. The maximum Gasteiger partial charge on any atom is 0.295 e. The standard InChI is InChI=1S/C20H20F3N5/c1-4-15-13(11(2)3)6-5-9-27(15)19-14-10-12(21)7-8-16(14)28(20(25)26-19)18(24)17(22)23/h4,7-8,10,17,24-25H,1-2,5-6,9H2,3H3. The molecular formula is C20H20F3N5. The predicted octanol–water partition coefficient (Wildman–Crippen LogP) is 4.36. The number of hydrogen-bond donors (Lipinski definition) is 2. The molecule has 1 aliphatic heterocycles. The van der Waals surface area contributed by atoms with E-state index in [1.54, 1.807) is 11.0 Å². The number of halogens is 3. The van der Waals surface area contributed by atoms with Crippen molar-refractivity contribution < 1.29 is 13.2 Å². The number of rotatable bonds is 4. The van der Waals surface area contributed by atoms with Crippen LogP contribution in [-0.2, 0) is 0 Å². The van der Waals surface area contributed by atoms with Gasteiger partial charge in [-0.25, -0.2) is 13.2 Å². The molecule has 5 nitrogen and oxygen atoms in total. The largest absolute Gasteiger partial charge is 0.325 e. The van der Waals surface area contributed by atoms with Gasteiger partial charge in [-0.05, 0) is 49.6 Å². The third-order valence-electron chi connectivity index (χ3n) is 4.68. The minimum atomic E-state index is -3.09. The molecular weight excluding hydrogens is 367 g/mol. The van der Waals surface area contributed by atoms with Crippen LogP contribution >= 0.6 is 0 Å². The molecule has 0 radical (unpaired) electrons. The monoisotopic (exact) mass is 387 g/mol. The molecule has 8 heteroatoms. The molecule has 2 aromatic rings. The molecule has 0 unspecified atom stereocenters. The van der Waals surface area contributed by atoms with E-state index in [1.807, 2.05) is 6.92 Å². The first-order valence-corrected chi connectivity index (χ1v) is 8.69. The zero-order valence-electron chi connectivity index (χ0n) is 15.4. The van der Waals surface area contributed by atoms with Crippen molar-refractivity contribution in [1.29, 1.82) is 10.8 Å². The number of alkyl halides is 2. The van der Waals surface area contributed by atoms with Gasteiger partial charge in [0.2, 0.25) is 5.62 Å². The molecule has 0 atom stereocenters. The summed E-state index contributed by atoms with van der Waals surface area (Å²) in [5.41, 5.74) is 2.19. The topological polar surface area (TPSA) is 68.8 Å². The van der Waals surface area contributed by atoms with Crippen molar-refractivity contribution in [1.82, 2.24) is 9.55 Å².